The van der Waals surface area contributed by atoms with Crippen LogP contribution in [0.25, 0.3) is 0 Å². The van der Waals surface area contributed by atoms with Gasteiger partial charge in [0, 0.05) is 16.7 Å². The molecule has 1 N–H and O–H groups in total. The average molecular weight is 607 g/mol. The number of carboxylic acids is 1. The Hall–Kier alpha value is -3.59. The highest BCUT2D eigenvalue weighted by Gasteiger charge is 2.49. The second-order valence-corrected chi connectivity index (χ2v) is 12.3. The van der Waals surface area contributed by atoms with Gasteiger partial charge in [0.25, 0.3) is 0 Å². The molecule has 0 spiro atoms. The number of hydrogen-bond acceptors (Lipinski definition) is 9. The van der Waals surface area contributed by atoms with Gasteiger partial charge in [0.2, 0.25) is 0 Å². The van der Waals surface area contributed by atoms with Gasteiger partial charge in [-0.25, -0.2) is 4.79 Å². The van der Waals surface area contributed by atoms with Crippen LogP contribution in [0.2, 0.25) is 0 Å². The third kappa shape index (κ3) is 6.41. The second kappa shape index (κ2) is 11.1. The molecular formula is C25H25F3O10S2. The number of hydrogen-bond donors (Lipinski definition) is 1. The van der Waals surface area contributed by atoms with Crippen molar-refractivity contribution < 1.29 is 57.8 Å². The molecule has 2 aromatic rings. The molecule has 0 amide bonds. The molecule has 3 rings (SSSR count). The van der Waals surface area contributed by atoms with E-state index in [2.05, 4.69) is 4.18 Å². The van der Waals surface area contributed by atoms with E-state index in [4.69, 9.17) is 14.0 Å². The third-order valence-electron chi connectivity index (χ3n) is 6.29. The number of allylic oxidation sites excluding steroid dienone is 2. The number of aliphatic carboxylic acids is 1. The lowest BCUT2D eigenvalue weighted by molar-refractivity contribution is -0.137. The predicted octanol–water partition coefficient (Wildman–Crippen LogP) is 4.57. The van der Waals surface area contributed by atoms with E-state index in [-0.39, 0.29) is 22.4 Å². The Kier molecular flexibility index (Phi) is 8.60. The van der Waals surface area contributed by atoms with Gasteiger partial charge in [-0.3, -0.25) is 4.79 Å². The standard InChI is InChI=1S/C25H25F3O10S2/c1-13-5-8-17(9-6-13)39(32,33)37-23-18(10-7-14(2)15(3)11-20(29)30)22(38-40(34,35)25(26,27)28)16(4)19-12-36-24(31)21(19)23/h5-9,15H,10-12H2,1-4H3,(H,29,30). The minimum Gasteiger partial charge on any atom is -0.481 e. The monoisotopic (exact) mass is 606 g/mol. The van der Waals surface area contributed by atoms with Gasteiger partial charge in [0.05, 0.1) is 6.42 Å². The largest absolute Gasteiger partial charge is 0.534 e. The van der Waals surface area contributed by atoms with Gasteiger partial charge in [-0.2, -0.15) is 30.0 Å². The SMILES string of the molecule is CC(=CCc1c(OS(=O)(=O)C(F)(F)F)c(C)c2c(c1OS(=O)(=O)c1ccc(C)cc1)C(=O)OC2)C(C)CC(=O)O. The fraction of sp³-hybridized carbons (Fsp3) is 0.360. The highest BCUT2D eigenvalue weighted by Crippen LogP contribution is 2.45. The lowest BCUT2D eigenvalue weighted by Crippen LogP contribution is -2.29. The van der Waals surface area contributed by atoms with Crippen molar-refractivity contribution in [2.24, 2.45) is 5.92 Å². The van der Waals surface area contributed by atoms with Gasteiger partial charge in [0.1, 0.15) is 17.1 Å². The number of benzene rings is 2. The Bertz CT molecular complexity index is 1590. The maximum absolute atomic E-state index is 13.3. The van der Waals surface area contributed by atoms with Gasteiger partial charge in [-0.05, 0) is 45.2 Å². The molecule has 0 aromatic heterocycles. The zero-order valence-electron chi connectivity index (χ0n) is 21.7. The molecule has 2 aromatic carbocycles. The number of alkyl halides is 3. The van der Waals surface area contributed by atoms with Crippen LogP contribution in [0.3, 0.4) is 0 Å². The van der Waals surface area contributed by atoms with E-state index in [1.165, 1.54) is 44.2 Å². The summed E-state index contributed by atoms with van der Waals surface area (Å²) in [6.07, 6.45) is 0.570. The Labute approximate surface area is 228 Å². The van der Waals surface area contributed by atoms with Crippen molar-refractivity contribution >= 4 is 32.2 Å². The molecule has 1 aliphatic rings. The van der Waals surface area contributed by atoms with Crippen LogP contribution in [0, 0.1) is 19.8 Å². The van der Waals surface area contributed by atoms with E-state index in [0.717, 1.165) is 0 Å². The zero-order valence-corrected chi connectivity index (χ0v) is 23.3. The highest BCUT2D eigenvalue weighted by atomic mass is 32.2. The molecule has 218 valence electrons. The van der Waals surface area contributed by atoms with Crippen LogP contribution >= 0.6 is 0 Å². The van der Waals surface area contributed by atoms with E-state index >= 15 is 0 Å². The fourth-order valence-corrected chi connectivity index (χ4v) is 5.35. The number of fused-ring (bicyclic) bond motifs is 1. The summed E-state index contributed by atoms with van der Waals surface area (Å²) < 4.78 is 105. The summed E-state index contributed by atoms with van der Waals surface area (Å²) in [6.45, 7) is 5.47. The minimum absolute atomic E-state index is 0.116. The highest BCUT2D eigenvalue weighted by molar-refractivity contribution is 7.88. The summed E-state index contributed by atoms with van der Waals surface area (Å²) in [7, 11) is -10.9. The number of carbonyl (C=O) groups is 2. The molecular weight excluding hydrogens is 581 g/mol. The summed E-state index contributed by atoms with van der Waals surface area (Å²) in [5.74, 6) is -4.37. The van der Waals surface area contributed by atoms with Gasteiger partial charge in [-0.15, -0.1) is 0 Å². The topological polar surface area (TPSA) is 150 Å². The van der Waals surface area contributed by atoms with Crippen LogP contribution in [0.1, 0.15) is 52.9 Å². The molecule has 1 heterocycles. The fourth-order valence-electron chi connectivity index (χ4n) is 3.85. The molecule has 0 radical (unpaired) electrons. The van der Waals surface area contributed by atoms with Crippen molar-refractivity contribution in [2.75, 3.05) is 0 Å². The normalized spacial score (nSPS) is 14.9. The first-order chi connectivity index (χ1) is 18.4. The number of cyclic esters (lactones) is 1. The summed E-state index contributed by atoms with van der Waals surface area (Å²) in [5, 5.41) is 9.08. The number of ether oxygens (including phenoxy) is 1. The van der Waals surface area contributed by atoms with Crippen LogP contribution in [-0.4, -0.2) is 39.4 Å². The Morgan fingerprint density at radius 2 is 1.70 bits per heavy atom. The lowest BCUT2D eigenvalue weighted by atomic mass is 9.93. The van der Waals surface area contributed by atoms with E-state index < -0.39 is 79.3 Å². The van der Waals surface area contributed by atoms with Crippen molar-refractivity contribution in [3.05, 3.63) is 63.7 Å². The molecule has 0 aliphatic carbocycles. The first kappa shape index (κ1) is 30.9. The van der Waals surface area contributed by atoms with Crippen molar-refractivity contribution in [2.45, 2.75) is 57.5 Å². The minimum atomic E-state index is -6.24. The van der Waals surface area contributed by atoms with E-state index in [1.54, 1.807) is 13.8 Å². The van der Waals surface area contributed by atoms with Crippen LogP contribution < -0.4 is 8.37 Å². The number of halogens is 3. The number of carbonyl (C=O) groups excluding carboxylic acids is 1. The van der Waals surface area contributed by atoms with Gasteiger partial charge >= 0.3 is 37.7 Å². The Morgan fingerprint density at radius 1 is 1.10 bits per heavy atom. The van der Waals surface area contributed by atoms with Crippen LogP contribution in [0.5, 0.6) is 11.5 Å². The Balaban J connectivity index is 2.30. The molecule has 0 saturated carbocycles. The average Bonchev–Trinajstić information content (AvgIpc) is 3.22. The summed E-state index contributed by atoms with van der Waals surface area (Å²) >= 11 is 0. The molecule has 10 nitrogen and oxygen atoms in total. The first-order valence-electron chi connectivity index (χ1n) is 11.6. The van der Waals surface area contributed by atoms with Gasteiger partial charge in [-0.1, -0.05) is 36.3 Å². The lowest BCUT2D eigenvalue weighted by Gasteiger charge is -2.21. The van der Waals surface area contributed by atoms with Crippen LogP contribution in [-0.2, 0) is 42.8 Å². The smallest absolute Gasteiger partial charge is 0.481 e. The second-order valence-electron chi connectivity index (χ2n) is 9.18. The summed E-state index contributed by atoms with van der Waals surface area (Å²) in [4.78, 5) is 23.4. The van der Waals surface area contributed by atoms with Gasteiger partial charge < -0.3 is 18.2 Å². The van der Waals surface area contributed by atoms with E-state index in [1.807, 2.05) is 0 Å². The van der Waals surface area contributed by atoms with Crippen molar-refractivity contribution in [3.63, 3.8) is 0 Å². The molecule has 1 atom stereocenters. The van der Waals surface area contributed by atoms with E-state index in [9.17, 15) is 39.6 Å². The molecule has 0 fully saturated rings. The maximum Gasteiger partial charge on any atom is 0.534 e. The predicted molar refractivity (Wildman–Crippen MR) is 134 cm³/mol. The van der Waals surface area contributed by atoms with Crippen molar-refractivity contribution in [3.8, 4) is 11.5 Å². The van der Waals surface area contributed by atoms with Gasteiger partial charge in [0.15, 0.2) is 11.5 Å². The molecule has 0 bridgehead atoms. The molecule has 15 heteroatoms. The van der Waals surface area contributed by atoms with Crippen molar-refractivity contribution in [1.29, 1.82) is 0 Å². The van der Waals surface area contributed by atoms with Crippen LogP contribution in [0.15, 0.2) is 40.8 Å². The van der Waals surface area contributed by atoms with E-state index in [0.29, 0.717) is 11.1 Å². The number of carboxylic acid groups (broad SMARTS) is 1. The third-order valence-corrected chi connectivity index (χ3v) is 8.48. The molecule has 40 heavy (non-hydrogen) atoms. The quantitative estimate of drug-likeness (QED) is 0.176. The number of aryl methyl sites for hydroxylation is 1. The molecule has 0 saturated heterocycles. The van der Waals surface area contributed by atoms with Crippen molar-refractivity contribution in [1.82, 2.24) is 0 Å². The summed E-state index contributed by atoms with van der Waals surface area (Å²) in [6, 6.07) is 5.34. The zero-order chi connectivity index (χ0) is 30.2. The summed E-state index contributed by atoms with van der Waals surface area (Å²) in [5.41, 5.74) is -5.93. The van der Waals surface area contributed by atoms with Crippen LogP contribution in [0.4, 0.5) is 13.2 Å². The maximum atomic E-state index is 13.3. The Morgan fingerprint density at radius 3 is 2.25 bits per heavy atom. The molecule has 1 aliphatic heterocycles. The number of esters is 1. The molecule has 1 unspecified atom stereocenters. The first-order valence-corrected chi connectivity index (χ1v) is 14.4. The number of rotatable bonds is 10.